The highest BCUT2D eigenvalue weighted by Gasteiger charge is 2.56. The molecule has 3 aromatic rings. The Balaban J connectivity index is 2.32. The van der Waals surface area contributed by atoms with Crippen LogP contribution in [0.1, 0.15) is 36.8 Å². The van der Waals surface area contributed by atoms with Crippen LogP contribution in [-0.4, -0.2) is 31.9 Å². The fourth-order valence-corrected chi connectivity index (χ4v) is 3.86. The molecule has 0 radical (unpaired) electrons. The van der Waals surface area contributed by atoms with E-state index in [4.69, 9.17) is 23.2 Å². The van der Waals surface area contributed by atoms with E-state index in [0.717, 1.165) is 0 Å². The summed E-state index contributed by atoms with van der Waals surface area (Å²) in [6, 6.07) is 10.6. The minimum Gasteiger partial charge on any atom is -0.394 e. The second kappa shape index (κ2) is 7.73. The van der Waals surface area contributed by atoms with Gasteiger partial charge in [-0.2, -0.15) is 0 Å². The molecule has 1 heterocycles. The highest BCUT2D eigenvalue weighted by molar-refractivity contribution is 6.36. The smallest absolute Gasteiger partial charge is 0.177 e. The summed E-state index contributed by atoms with van der Waals surface area (Å²) in [5, 5.41) is 22.0. The van der Waals surface area contributed by atoms with E-state index in [9.17, 15) is 13.9 Å². The Kier molecular flexibility index (Phi) is 5.70. The van der Waals surface area contributed by atoms with Gasteiger partial charge in [0.25, 0.3) is 0 Å². The predicted molar refractivity (Wildman–Crippen MR) is 102 cm³/mol. The quantitative estimate of drug-likeness (QED) is 0.601. The lowest BCUT2D eigenvalue weighted by atomic mass is 9.78. The monoisotopic (exact) mass is 426 g/mol. The highest BCUT2D eigenvalue weighted by Crippen LogP contribution is 2.54. The molecule has 3 rings (SSSR count). The van der Waals surface area contributed by atoms with Gasteiger partial charge in [-0.3, -0.25) is 0 Å². The number of nitrogens with zero attached hydrogens (tertiary/aromatic N) is 4. The van der Waals surface area contributed by atoms with Gasteiger partial charge < -0.3 is 5.11 Å². The summed E-state index contributed by atoms with van der Waals surface area (Å²) in [5.74, 6) is -0.786. The minimum atomic E-state index is -1.74. The van der Waals surface area contributed by atoms with Crippen LogP contribution in [0.4, 0.5) is 8.78 Å². The number of halogens is 4. The number of aromatic nitrogens is 4. The SMILES string of the molecule is CC(C)n1nnnc1C(Cl)(CO)C(Cl)(c1ccc(F)cc1)c1ccc(F)cc1. The molecule has 0 spiro atoms. The number of hydrogen-bond donors (Lipinski definition) is 1. The van der Waals surface area contributed by atoms with Crippen molar-refractivity contribution in [2.75, 3.05) is 6.61 Å². The Morgan fingerprint density at radius 2 is 1.43 bits per heavy atom. The van der Waals surface area contributed by atoms with E-state index in [-0.39, 0.29) is 11.9 Å². The summed E-state index contributed by atoms with van der Waals surface area (Å²) in [7, 11) is 0. The van der Waals surface area contributed by atoms with Gasteiger partial charge in [0.15, 0.2) is 10.7 Å². The third-order valence-corrected chi connectivity index (χ3v) is 6.01. The normalized spacial score (nSPS) is 14.3. The Bertz CT molecular complexity index is 902. The molecule has 1 atom stereocenters. The summed E-state index contributed by atoms with van der Waals surface area (Å²) in [4.78, 5) is -3.37. The lowest BCUT2D eigenvalue weighted by Gasteiger charge is -2.41. The van der Waals surface area contributed by atoms with Crippen molar-refractivity contribution in [2.24, 2.45) is 0 Å². The average molecular weight is 427 g/mol. The van der Waals surface area contributed by atoms with E-state index in [1.54, 1.807) is 0 Å². The second-order valence-corrected chi connectivity index (χ2v) is 7.88. The van der Waals surface area contributed by atoms with Crippen molar-refractivity contribution in [2.45, 2.75) is 29.6 Å². The van der Waals surface area contributed by atoms with Crippen LogP contribution in [0.15, 0.2) is 48.5 Å². The molecule has 1 N–H and O–H groups in total. The molecule has 5 nitrogen and oxygen atoms in total. The third kappa shape index (κ3) is 3.27. The standard InChI is InChI=1S/C19H18Cl2F2N4O/c1-12(2)27-17(24-25-26-27)18(20,11-28)19(21,13-3-7-15(22)8-4-13)14-5-9-16(23)10-6-14/h3-10,12,28H,11H2,1-2H3. The Labute approximate surface area is 170 Å². The number of aliphatic hydroxyl groups excluding tert-OH is 1. The zero-order chi connectivity index (χ0) is 20.5. The molecule has 0 saturated heterocycles. The fourth-order valence-electron chi connectivity index (χ4n) is 3.12. The summed E-state index contributed by atoms with van der Waals surface area (Å²) in [6.45, 7) is 3.06. The molecule has 0 aliphatic rings. The van der Waals surface area contributed by atoms with Gasteiger partial charge >= 0.3 is 0 Å². The van der Waals surface area contributed by atoms with Crippen molar-refractivity contribution >= 4 is 23.2 Å². The third-order valence-electron chi connectivity index (χ3n) is 4.58. The molecule has 0 saturated carbocycles. The zero-order valence-corrected chi connectivity index (χ0v) is 16.7. The molecule has 28 heavy (non-hydrogen) atoms. The van der Waals surface area contributed by atoms with Crippen molar-refractivity contribution in [1.29, 1.82) is 0 Å². The van der Waals surface area contributed by atoms with Crippen LogP contribution in [0.25, 0.3) is 0 Å². The van der Waals surface area contributed by atoms with E-state index < -0.39 is 28.0 Å². The van der Waals surface area contributed by atoms with Crippen LogP contribution in [0.2, 0.25) is 0 Å². The maximum absolute atomic E-state index is 13.5. The van der Waals surface area contributed by atoms with E-state index in [0.29, 0.717) is 11.1 Å². The molecule has 2 aromatic carbocycles. The van der Waals surface area contributed by atoms with Gasteiger partial charge in [-0.25, -0.2) is 13.5 Å². The predicted octanol–water partition coefficient (Wildman–Crippen LogP) is 4.14. The van der Waals surface area contributed by atoms with Gasteiger partial charge in [0.1, 0.15) is 16.5 Å². The van der Waals surface area contributed by atoms with Crippen LogP contribution in [0.3, 0.4) is 0 Å². The Hall–Kier alpha value is -2.09. The van der Waals surface area contributed by atoms with Gasteiger partial charge in [-0.1, -0.05) is 24.3 Å². The summed E-state index contributed by atoms with van der Waals surface area (Å²) >= 11 is 14.1. The molecule has 0 amide bonds. The zero-order valence-electron chi connectivity index (χ0n) is 15.2. The first-order valence-corrected chi connectivity index (χ1v) is 9.28. The number of rotatable bonds is 6. The fraction of sp³-hybridized carbons (Fsp3) is 0.316. The van der Waals surface area contributed by atoms with Crippen molar-refractivity contribution < 1.29 is 13.9 Å². The lowest BCUT2D eigenvalue weighted by Crippen LogP contribution is -2.47. The molecular formula is C19H18Cl2F2N4O. The van der Waals surface area contributed by atoms with Gasteiger partial charge in [-0.15, -0.1) is 28.3 Å². The number of benzene rings is 2. The van der Waals surface area contributed by atoms with Gasteiger partial charge in [0.05, 0.1) is 12.6 Å². The molecule has 0 bridgehead atoms. The van der Waals surface area contributed by atoms with Crippen LogP contribution >= 0.6 is 23.2 Å². The second-order valence-electron chi connectivity index (χ2n) is 6.67. The molecule has 1 aromatic heterocycles. The van der Waals surface area contributed by atoms with Gasteiger partial charge in [0, 0.05) is 0 Å². The molecule has 0 fully saturated rings. The minimum absolute atomic E-state index is 0.135. The van der Waals surface area contributed by atoms with E-state index in [2.05, 4.69) is 15.5 Å². The van der Waals surface area contributed by atoms with Gasteiger partial charge in [-0.05, 0) is 59.7 Å². The maximum atomic E-state index is 13.5. The van der Waals surface area contributed by atoms with Crippen LogP contribution < -0.4 is 0 Å². The highest BCUT2D eigenvalue weighted by atomic mass is 35.5. The molecule has 0 aliphatic heterocycles. The van der Waals surface area contributed by atoms with Crippen molar-refractivity contribution in [3.8, 4) is 0 Å². The lowest BCUT2D eigenvalue weighted by molar-refractivity contribution is 0.208. The van der Waals surface area contributed by atoms with Crippen LogP contribution in [-0.2, 0) is 9.75 Å². The first-order valence-electron chi connectivity index (χ1n) is 8.53. The molecule has 148 valence electrons. The maximum Gasteiger partial charge on any atom is 0.177 e. The molecule has 0 aliphatic carbocycles. The van der Waals surface area contributed by atoms with Crippen molar-refractivity contribution in [3.63, 3.8) is 0 Å². The van der Waals surface area contributed by atoms with E-state index in [1.165, 1.54) is 53.2 Å². The topological polar surface area (TPSA) is 63.8 Å². The van der Waals surface area contributed by atoms with E-state index in [1.807, 2.05) is 13.8 Å². The average Bonchev–Trinajstić information content (AvgIpc) is 3.18. The first kappa shape index (κ1) is 20.6. The number of tetrazole rings is 1. The van der Waals surface area contributed by atoms with E-state index >= 15 is 0 Å². The first-order chi connectivity index (χ1) is 13.2. The summed E-state index contributed by atoms with van der Waals surface area (Å²) < 4.78 is 28.5. The largest absolute Gasteiger partial charge is 0.394 e. The van der Waals surface area contributed by atoms with Crippen molar-refractivity contribution in [1.82, 2.24) is 20.2 Å². The van der Waals surface area contributed by atoms with Crippen LogP contribution in [0.5, 0.6) is 0 Å². The number of hydrogen-bond acceptors (Lipinski definition) is 4. The Morgan fingerprint density at radius 1 is 0.964 bits per heavy atom. The summed E-state index contributed by atoms with van der Waals surface area (Å²) in [6.07, 6.45) is 0. The number of alkyl halides is 2. The van der Waals surface area contributed by atoms with Crippen LogP contribution in [0, 0.1) is 11.6 Å². The Morgan fingerprint density at radius 3 is 1.82 bits per heavy atom. The number of aliphatic hydroxyl groups is 1. The van der Waals surface area contributed by atoms with Gasteiger partial charge in [0.2, 0.25) is 0 Å². The summed E-state index contributed by atoms with van der Waals surface area (Å²) in [5.41, 5.74) is 0.786. The molecule has 9 heteroatoms. The molecular weight excluding hydrogens is 409 g/mol. The van der Waals surface area contributed by atoms with Crippen molar-refractivity contribution in [3.05, 3.63) is 77.1 Å². The molecule has 1 unspecified atom stereocenters.